The van der Waals surface area contributed by atoms with Gasteiger partial charge in [0.05, 0.1) is 0 Å². The fourth-order valence-corrected chi connectivity index (χ4v) is 6.35. The lowest BCUT2D eigenvalue weighted by Gasteiger charge is -1.98. The van der Waals surface area contributed by atoms with E-state index in [2.05, 4.69) is 48.6 Å². The van der Waals surface area contributed by atoms with Crippen LogP contribution in [0.25, 0.3) is 20.9 Å². The molecule has 0 aliphatic heterocycles. The summed E-state index contributed by atoms with van der Waals surface area (Å²) in [6, 6.07) is 4.92. The monoisotopic (exact) mass is 334 g/mol. The molecule has 0 fully saturated rings. The molecule has 0 nitrogen and oxygen atoms in total. The molecule has 3 aliphatic carbocycles. The Balaban J connectivity index is 1.60. The van der Waals surface area contributed by atoms with Gasteiger partial charge in [-0.3, -0.25) is 0 Å². The number of hydrogen-bond donors (Lipinski definition) is 0. The fourth-order valence-electron chi connectivity index (χ4n) is 3.66. The molecule has 0 amide bonds. The third kappa shape index (κ3) is 2.32. The summed E-state index contributed by atoms with van der Waals surface area (Å²) < 4.78 is 0. The third-order valence-electron chi connectivity index (χ3n) is 4.89. The second kappa shape index (κ2) is 5.47. The SMILES string of the molecule is C1=CCC(c2cc3c(s2)-c2sc(C4=CC=CC4)cc2CCC3)=C1. The number of fused-ring (bicyclic) bond motifs is 3. The van der Waals surface area contributed by atoms with Crippen molar-refractivity contribution in [1.29, 1.82) is 0 Å². The Bertz CT molecular complexity index is 822. The van der Waals surface area contributed by atoms with Gasteiger partial charge in [0, 0.05) is 19.5 Å². The van der Waals surface area contributed by atoms with Gasteiger partial charge in [-0.1, -0.05) is 36.5 Å². The van der Waals surface area contributed by atoms with Gasteiger partial charge in [0.2, 0.25) is 0 Å². The van der Waals surface area contributed by atoms with Gasteiger partial charge in [-0.05, 0) is 66.5 Å². The molecule has 3 aliphatic rings. The lowest BCUT2D eigenvalue weighted by molar-refractivity contribution is 0.837. The van der Waals surface area contributed by atoms with Crippen molar-refractivity contribution in [3.8, 4) is 9.75 Å². The molecule has 0 N–H and O–H groups in total. The lowest BCUT2D eigenvalue weighted by atomic mass is 10.1. The Hall–Kier alpha value is -1.64. The van der Waals surface area contributed by atoms with E-state index in [9.17, 15) is 0 Å². The van der Waals surface area contributed by atoms with E-state index in [1.165, 1.54) is 40.2 Å². The van der Waals surface area contributed by atoms with Crippen LogP contribution in [0.15, 0.2) is 48.6 Å². The van der Waals surface area contributed by atoms with E-state index < -0.39 is 0 Å². The number of allylic oxidation sites excluding steroid dienone is 8. The number of hydrogen-bond acceptors (Lipinski definition) is 2. The number of aryl methyl sites for hydroxylation is 2. The lowest BCUT2D eigenvalue weighted by Crippen LogP contribution is -1.84. The van der Waals surface area contributed by atoms with E-state index in [0.717, 1.165) is 12.8 Å². The van der Waals surface area contributed by atoms with Crippen molar-refractivity contribution in [2.24, 2.45) is 0 Å². The highest BCUT2D eigenvalue weighted by molar-refractivity contribution is 7.23. The zero-order chi connectivity index (χ0) is 15.2. The normalized spacial score (nSPS) is 18.6. The highest BCUT2D eigenvalue weighted by Crippen LogP contribution is 2.47. The van der Waals surface area contributed by atoms with Crippen molar-refractivity contribution in [2.45, 2.75) is 32.1 Å². The predicted octanol–water partition coefficient (Wildman–Crippen LogP) is 6.65. The van der Waals surface area contributed by atoms with Crippen LogP contribution >= 0.6 is 22.7 Å². The molecule has 0 saturated carbocycles. The largest absolute Gasteiger partial charge is 0.134 e. The topological polar surface area (TPSA) is 0 Å². The first-order valence-electron chi connectivity index (χ1n) is 8.36. The molecular weight excluding hydrogens is 316 g/mol. The van der Waals surface area contributed by atoms with Crippen molar-refractivity contribution in [2.75, 3.05) is 0 Å². The summed E-state index contributed by atoms with van der Waals surface area (Å²) in [5, 5.41) is 0. The smallest absolute Gasteiger partial charge is 0.0484 e. The average Bonchev–Trinajstić information content (AvgIpc) is 3.34. The van der Waals surface area contributed by atoms with Crippen LogP contribution in [-0.4, -0.2) is 0 Å². The van der Waals surface area contributed by atoms with E-state index >= 15 is 0 Å². The van der Waals surface area contributed by atoms with Crippen LogP contribution in [0.5, 0.6) is 0 Å². The van der Waals surface area contributed by atoms with Crippen molar-refractivity contribution >= 4 is 33.8 Å². The van der Waals surface area contributed by atoms with Crippen molar-refractivity contribution in [1.82, 2.24) is 0 Å². The van der Waals surface area contributed by atoms with E-state index in [4.69, 9.17) is 0 Å². The second-order valence-corrected chi connectivity index (χ2v) is 8.54. The maximum absolute atomic E-state index is 2.46. The zero-order valence-electron chi connectivity index (χ0n) is 13.0. The summed E-state index contributed by atoms with van der Waals surface area (Å²) in [5.41, 5.74) is 6.13. The van der Waals surface area contributed by atoms with Crippen LogP contribution in [0.3, 0.4) is 0 Å². The molecule has 2 heteroatoms. The first-order chi connectivity index (χ1) is 11.4. The number of thiophene rings is 2. The molecule has 23 heavy (non-hydrogen) atoms. The molecule has 0 saturated heterocycles. The standard InChI is InChI=1S/C21H18S2/c1-2-7-14(6-1)18-12-16-10-5-11-17-13-19(15-8-3-4-9-15)23-21(17)20(16)22-18/h1-4,6,8,12-13H,5,7,9-11H2. The summed E-state index contributed by atoms with van der Waals surface area (Å²) in [6.45, 7) is 0. The minimum atomic E-state index is 1.10. The van der Waals surface area contributed by atoms with Gasteiger partial charge in [0.15, 0.2) is 0 Å². The second-order valence-electron chi connectivity index (χ2n) is 6.43. The van der Waals surface area contributed by atoms with Crippen LogP contribution in [0.4, 0.5) is 0 Å². The molecule has 2 heterocycles. The maximum atomic E-state index is 2.46. The highest BCUT2D eigenvalue weighted by Gasteiger charge is 2.22. The molecule has 0 unspecified atom stereocenters. The Morgan fingerprint density at radius 1 is 0.696 bits per heavy atom. The zero-order valence-corrected chi connectivity index (χ0v) is 14.6. The summed E-state index contributed by atoms with van der Waals surface area (Å²) in [7, 11) is 0. The molecule has 114 valence electrons. The van der Waals surface area contributed by atoms with E-state index in [1.54, 1.807) is 20.9 Å². The molecule has 5 rings (SSSR count). The summed E-state index contributed by atoms with van der Waals surface area (Å²) >= 11 is 4.02. The third-order valence-corrected chi connectivity index (χ3v) is 7.56. The Morgan fingerprint density at radius 3 is 1.65 bits per heavy atom. The molecule has 0 spiro atoms. The average molecular weight is 335 g/mol. The summed E-state index contributed by atoms with van der Waals surface area (Å²) in [6.07, 6.45) is 19.4. The van der Waals surface area contributed by atoms with Gasteiger partial charge >= 0.3 is 0 Å². The van der Waals surface area contributed by atoms with E-state index in [1.807, 2.05) is 22.7 Å². The maximum Gasteiger partial charge on any atom is 0.0484 e. The van der Waals surface area contributed by atoms with Crippen LogP contribution in [0.2, 0.25) is 0 Å². The van der Waals surface area contributed by atoms with Gasteiger partial charge in [-0.15, -0.1) is 22.7 Å². The van der Waals surface area contributed by atoms with Gasteiger partial charge in [-0.25, -0.2) is 0 Å². The molecule has 2 aromatic rings. The molecule has 0 aromatic carbocycles. The Morgan fingerprint density at radius 2 is 1.22 bits per heavy atom. The van der Waals surface area contributed by atoms with E-state index in [-0.39, 0.29) is 0 Å². The first kappa shape index (κ1) is 13.8. The quantitative estimate of drug-likeness (QED) is 0.576. The summed E-state index contributed by atoms with van der Waals surface area (Å²) in [4.78, 5) is 6.04. The fraction of sp³-hybridized carbons (Fsp3) is 0.238. The van der Waals surface area contributed by atoms with Gasteiger partial charge < -0.3 is 0 Å². The van der Waals surface area contributed by atoms with Gasteiger partial charge in [-0.2, -0.15) is 0 Å². The van der Waals surface area contributed by atoms with E-state index in [0.29, 0.717) is 0 Å². The van der Waals surface area contributed by atoms with Crippen LogP contribution in [-0.2, 0) is 12.8 Å². The summed E-state index contributed by atoms with van der Waals surface area (Å²) in [5.74, 6) is 0. The molecule has 0 atom stereocenters. The molecule has 0 radical (unpaired) electrons. The minimum Gasteiger partial charge on any atom is -0.134 e. The van der Waals surface area contributed by atoms with Crippen LogP contribution in [0, 0.1) is 0 Å². The van der Waals surface area contributed by atoms with Gasteiger partial charge in [0.25, 0.3) is 0 Å². The molecular formula is C21H18S2. The van der Waals surface area contributed by atoms with Crippen molar-refractivity contribution < 1.29 is 0 Å². The molecule has 2 aromatic heterocycles. The van der Waals surface area contributed by atoms with Gasteiger partial charge in [0.1, 0.15) is 0 Å². The van der Waals surface area contributed by atoms with Crippen molar-refractivity contribution in [3.63, 3.8) is 0 Å². The first-order valence-corrected chi connectivity index (χ1v) is 10.00. The molecule has 0 bridgehead atoms. The Kier molecular flexibility index (Phi) is 3.27. The van der Waals surface area contributed by atoms with Crippen LogP contribution < -0.4 is 0 Å². The predicted molar refractivity (Wildman–Crippen MR) is 103 cm³/mol. The van der Waals surface area contributed by atoms with Crippen LogP contribution in [0.1, 0.15) is 40.1 Å². The van der Waals surface area contributed by atoms with Crippen molar-refractivity contribution in [3.05, 3.63) is 69.5 Å². The Labute approximate surface area is 145 Å². The minimum absolute atomic E-state index is 1.10. The number of rotatable bonds is 2. The highest BCUT2D eigenvalue weighted by atomic mass is 32.1.